The monoisotopic (exact) mass is 484 g/mol. The van der Waals surface area contributed by atoms with Crippen molar-refractivity contribution in [2.75, 3.05) is 27.3 Å². The molecule has 6 nitrogen and oxygen atoms in total. The van der Waals surface area contributed by atoms with Crippen LogP contribution < -0.4 is 9.47 Å². The first-order chi connectivity index (χ1) is 16.0. The molecule has 8 heteroatoms. The molecule has 2 aromatic rings. The number of methoxy groups -OCH3 is 2. The highest BCUT2D eigenvalue weighted by atomic mass is 32.2. The van der Waals surface area contributed by atoms with Gasteiger partial charge in [-0.25, -0.2) is 0 Å². The third-order valence-electron chi connectivity index (χ3n) is 5.30. The number of rotatable bonds is 10. The molecule has 1 saturated heterocycles. The highest BCUT2D eigenvalue weighted by Crippen LogP contribution is 2.34. The summed E-state index contributed by atoms with van der Waals surface area (Å²) in [4.78, 5) is 29.5. The topological polar surface area (TPSA) is 59.1 Å². The van der Waals surface area contributed by atoms with E-state index in [4.69, 9.17) is 21.7 Å². The molecule has 1 heterocycles. The number of hydrogen-bond acceptors (Lipinski definition) is 6. The van der Waals surface area contributed by atoms with Crippen molar-refractivity contribution >= 4 is 46.2 Å². The Morgan fingerprint density at radius 1 is 1.12 bits per heavy atom. The number of ether oxygens (including phenoxy) is 2. The van der Waals surface area contributed by atoms with Crippen molar-refractivity contribution in [1.29, 1.82) is 0 Å². The molecule has 0 atom stereocenters. The van der Waals surface area contributed by atoms with Crippen molar-refractivity contribution in [1.82, 2.24) is 9.80 Å². The molecule has 0 unspecified atom stereocenters. The second kappa shape index (κ2) is 11.9. The number of benzene rings is 2. The summed E-state index contributed by atoms with van der Waals surface area (Å²) in [6.45, 7) is 3.62. The summed E-state index contributed by atoms with van der Waals surface area (Å²) in [5.41, 5.74) is 1.92. The lowest BCUT2D eigenvalue weighted by Crippen LogP contribution is -2.32. The Morgan fingerprint density at radius 3 is 2.52 bits per heavy atom. The van der Waals surface area contributed by atoms with Gasteiger partial charge in [0.25, 0.3) is 5.91 Å². The molecule has 0 saturated carbocycles. The van der Waals surface area contributed by atoms with Crippen LogP contribution in [0.2, 0.25) is 0 Å². The quantitative estimate of drug-likeness (QED) is 0.359. The minimum absolute atomic E-state index is 0.0765. The predicted molar refractivity (Wildman–Crippen MR) is 136 cm³/mol. The van der Waals surface area contributed by atoms with Crippen molar-refractivity contribution in [2.45, 2.75) is 26.3 Å². The number of amides is 2. The fourth-order valence-corrected chi connectivity index (χ4v) is 4.82. The van der Waals surface area contributed by atoms with Crippen LogP contribution in [0.1, 0.15) is 30.9 Å². The standard InChI is InChI=1S/C25H28N2O4S2/c1-4-26(17-18-9-6-5-7-10-18)23(28)11-8-14-27-24(29)22(33-25(27)32)16-19-12-13-20(30-2)21(15-19)31-3/h5-7,9-10,12-13,15-16H,4,8,11,14,17H2,1-3H3. The molecule has 0 spiro atoms. The number of thioether (sulfide) groups is 1. The minimum Gasteiger partial charge on any atom is -0.493 e. The van der Waals surface area contributed by atoms with E-state index in [1.54, 1.807) is 31.3 Å². The van der Waals surface area contributed by atoms with Gasteiger partial charge in [0, 0.05) is 26.1 Å². The fourth-order valence-electron chi connectivity index (χ4n) is 3.51. The van der Waals surface area contributed by atoms with Crippen LogP contribution in [0.25, 0.3) is 6.08 Å². The lowest BCUT2D eigenvalue weighted by Gasteiger charge is -2.22. The van der Waals surface area contributed by atoms with Crippen LogP contribution in [0.4, 0.5) is 0 Å². The second-order valence-corrected chi connectivity index (χ2v) is 9.12. The van der Waals surface area contributed by atoms with Crippen LogP contribution in [0, 0.1) is 0 Å². The third kappa shape index (κ3) is 6.36. The van der Waals surface area contributed by atoms with Gasteiger partial charge >= 0.3 is 0 Å². The first kappa shape index (κ1) is 24.8. The average Bonchev–Trinajstić information content (AvgIpc) is 3.10. The molecule has 0 bridgehead atoms. The van der Waals surface area contributed by atoms with Crippen LogP contribution in [0.3, 0.4) is 0 Å². The molecule has 0 radical (unpaired) electrons. The lowest BCUT2D eigenvalue weighted by molar-refractivity contribution is -0.132. The zero-order chi connectivity index (χ0) is 23.8. The molecule has 0 N–H and O–H groups in total. The van der Waals surface area contributed by atoms with Gasteiger partial charge in [0.2, 0.25) is 5.91 Å². The normalized spacial score (nSPS) is 14.6. The molecule has 2 amide bonds. The highest BCUT2D eigenvalue weighted by molar-refractivity contribution is 8.26. The summed E-state index contributed by atoms with van der Waals surface area (Å²) < 4.78 is 11.1. The Kier molecular flexibility index (Phi) is 8.91. The zero-order valence-electron chi connectivity index (χ0n) is 19.1. The van der Waals surface area contributed by atoms with Gasteiger partial charge in [-0.3, -0.25) is 14.5 Å². The summed E-state index contributed by atoms with van der Waals surface area (Å²) in [6.07, 6.45) is 2.72. The lowest BCUT2D eigenvalue weighted by atomic mass is 10.1. The molecule has 2 aromatic carbocycles. The van der Waals surface area contributed by atoms with Gasteiger partial charge in [-0.2, -0.15) is 0 Å². The van der Waals surface area contributed by atoms with E-state index in [-0.39, 0.29) is 11.8 Å². The van der Waals surface area contributed by atoms with Crippen molar-refractivity contribution in [3.05, 3.63) is 64.6 Å². The van der Waals surface area contributed by atoms with E-state index in [9.17, 15) is 9.59 Å². The van der Waals surface area contributed by atoms with Gasteiger partial charge in [-0.05, 0) is 42.7 Å². The molecule has 3 rings (SSSR count). The van der Waals surface area contributed by atoms with Gasteiger partial charge in [0.15, 0.2) is 11.5 Å². The summed E-state index contributed by atoms with van der Waals surface area (Å²) in [6, 6.07) is 15.4. The van der Waals surface area contributed by atoms with Gasteiger partial charge in [0.1, 0.15) is 4.32 Å². The zero-order valence-corrected chi connectivity index (χ0v) is 20.7. The SMILES string of the molecule is CCN(Cc1ccccc1)C(=O)CCCN1C(=O)C(=Cc2ccc(OC)c(OC)c2)SC1=S. The second-order valence-electron chi connectivity index (χ2n) is 7.44. The first-order valence-corrected chi connectivity index (χ1v) is 12.0. The van der Waals surface area contributed by atoms with Crippen LogP contribution >= 0.6 is 24.0 Å². The maximum Gasteiger partial charge on any atom is 0.266 e. The first-order valence-electron chi connectivity index (χ1n) is 10.8. The Bertz CT molecular complexity index is 1040. The number of carbonyl (C=O) groups excluding carboxylic acids is 2. The largest absolute Gasteiger partial charge is 0.493 e. The molecule has 174 valence electrons. The summed E-state index contributed by atoms with van der Waals surface area (Å²) >= 11 is 6.70. The maximum absolute atomic E-state index is 12.9. The third-order valence-corrected chi connectivity index (χ3v) is 6.68. The summed E-state index contributed by atoms with van der Waals surface area (Å²) in [5, 5.41) is 0. The molecular formula is C25H28N2O4S2. The number of nitrogens with zero attached hydrogens (tertiary/aromatic N) is 2. The maximum atomic E-state index is 12.9. The fraction of sp³-hybridized carbons (Fsp3) is 0.320. The highest BCUT2D eigenvalue weighted by Gasteiger charge is 2.31. The Morgan fingerprint density at radius 2 is 1.85 bits per heavy atom. The number of carbonyl (C=O) groups is 2. The van der Waals surface area contributed by atoms with E-state index in [0.717, 1.165) is 11.1 Å². The Balaban J connectivity index is 1.57. The van der Waals surface area contributed by atoms with Crippen LogP contribution in [-0.4, -0.2) is 53.2 Å². The van der Waals surface area contributed by atoms with E-state index in [2.05, 4.69) is 0 Å². The molecule has 1 fully saturated rings. The van der Waals surface area contributed by atoms with Crippen LogP contribution in [0.5, 0.6) is 11.5 Å². The van der Waals surface area contributed by atoms with E-state index >= 15 is 0 Å². The number of thiocarbonyl (C=S) groups is 1. The van der Waals surface area contributed by atoms with Crippen molar-refractivity contribution in [2.24, 2.45) is 0 Å². The van der Waals surface area contributed by atoms with Gasteiger partial charge < -0.3 is 14.4 Å². The predicted octanol–water partition coefficient (Wildman–Crippen LogP) is 4.73. The van der Waals surface area contributed by atoms with Crippen molar-refractivity contribution in [3.63, 3.8) is 0 Å². The van der Waals surface area contributed by atoms with Crippen LogP contribution in [-0.2, 0) is 16.1 Å². The Hall–Kier alpha value is -2.84. The molecule has 1 aliphatic rings. The van der Waals surface area contributed by atoms with Gasteiger partial charge in [0.05, 0.1) is 19.1 Å². The van der Waals surface area contributed by atoms with E-state index < -0.39 is 0 Å². The van der Waals surface area contributed by atoms with E-state index in [0.29, 0.717) is 53.2 Å². The molecule has 0 aliphatic carbocycles. The minimum atomic E-state index is -0.135. The molecule has 33 heavy (non-hydrogen) atoms. The van der Waals surface area contributed by atoms with Gasteiger partial charge in [-0.15, -0.1) is 0 Å². The van der Waals surface area contributed by atoms with Crippen LogP contribution in [0.15, 0.2) is 53.4 Å². The summed E-state index contributed by atoms with van der Waals surface area (Å²) in [7, 11) is 3.15. The van der Waals surface area contributed by atoms with E-state index in [1.165, 1.54) is 11.8 Å². The van der Waals surface area contributed by atoms with Crippen molar-refractivity contribution < 1.29 is 19.1 Å². The molecule has 0 aromatic heterocycles. The molecule has 1 aliphatic heterocycles. The van der Waals surface area contributed by atoms with Crippen molar-refractivity contribution in [3.8, 4) is 11.5 Å². The number of hydrogen-bond donors (Lipinski definition) is 0. The smallest absolute Gasteiger partial charge is 0.266 e. The average molecular weight is 485 g/mol. The summed E-state index contributed by atoms with van der Waals surface area (Å²) in [5.74, 6) is 1.16. The molecular weight excluding hydrogens is 456 g/mol. The van der Waals surface area contributed by atoms with E-state index in [1.807, 2.05) is 54.3 Å². The van der Waals surface area contributed by atoms with Gasteiger partial charge in [-0.1, -0.05) is 60.4 Å². The Labute approximate surface area is 204 Å².